The zero-order valence-electron chi connectivity index (χ0n) is 17.2. The van der Waals surface area contributed by atoms with Crippen molar-refractivity contribution in [1.82, 2.24) is 15.0 Å². The average Bonchev–Trinajstić information content (AvgIpc) is 3.51. The van der Waals surface area contributed by atoms with Crippen LogP contribution in [0.25, 0.3) is 33.5 Å². The second kappa shape index (κ2) is 7.98. The van der Waals surface area contributed by atoms with E-state index in [-0.39, 0.29) is 18.1 Å². The molecule has 2 aliphatic heterocycles. The number of benzene rings is 2. The number of aromatic amines is 1. The van der Waals surface area contributed by atoms with E-state index in [0.29, 0.717) is 36.0 Å². The Morgan fingerprint density at radius 3 is 2.44 bits per heavy atom. The third-order valence-electron chi connectivity index (χ3n) is 6.33. The van der Waals surface area contributed by atoms with Crippen molar-refractivity contribution in [3.63, 3.8) is 0 Å². The molecule has 4 aromatic rings. The van der Waals surface area contributed by atoms with Crippen molar-refractivity contribution in [2.24, 2.45) is 5.92 Å². The van der Waals surface area contributed by atoms with E-state index >= 15 is 0 Å². The summed E-state index contributed by atoms with van der Waals surface area (Å²) in [7, 11) is 0. The van der Waals surface area contributed by atoms with Crippen LogP contribution in [-0.4, -0.2) is 51.6 Å². The predicted octanol–water partition coefficient (Wildman–Crippen LogP) is 4.26. The Labute approximate surface area is 190 Å². The van der Waals surface area contributed by atoms with E-state index in [2.05, 4.69) is 29.2 Å². The summed E-state index contributed by atoms with van der Waals surface area (Å²) in [6.07, 6.45) is -0.198. The zero-order valence-corrected chi connectivity index (χ0v) is 18.0. The summed E-state index contributed by atoms with van der Waals surface area (Å²) >= 11 is 6.59. The molecule has 4 heterocycles. The monoisotopic (exact) mass is 447 g/mol. The molecule has 4 atom stereocenters. The molecular formula is C25H22ClN3O3. The van der Waals surface area contributed by atoms with Gasteiger partial charge in [-0.05, 0) is 17.2 Å². The lowest BCUT2D eigenvalue weighted by Gasteiger charge is -2.14. The van der Waals surface area contributed by atoms with E-state index in [1.165, 1.54) is 5.56 Å². The van der Waals surface area contributed by atoms with Crippen molar-refractivity contribution in [2.45, 2.75) is 24.7 Å². The molecule has 162 valence electrons. The van der Waals surface area contributed by atoms with Gasteiger partial charge in [-0.3, -0.25) is 0 Å². The van der Waals surface area contributed by atoms with Gasteiger partial charge in [-0.25, -0.2) is 9.97 Å². The Morgan fingerprint density at radius 2 is 1.62 bits per heavy atom. The van der Waals surface area contributed by atoms with Crippen LogP contribution in [0, 0.1) is 5.92 Å². The molecule has 6 nitrogen and oxygen atoms in total. The summed E-state index contributed by atoms with van der Waals surface area (Å²) < 4.78 is 11.5. The van der Waals surface area contributed by atoms with Gasteiger partial charge in [-0.2, -0.15) is 0 Å². The van der Waals surface area contributed by atoms with Gasteiger partial charge in [0, 0.05) is 17.9 Å². The van der Waals surface area contributed by atoms with Gasteiger partial charge in [-0.15, -0.1) is 0 Å². The van der Waals surface area contributed by atoms with Gasteiger partial charge in [0.15, 0.2) is 5.65 Å². The first kappa shape index (κ1) is 19.9. The predicted molar refractivity (Wildman–Crippen MR) is 122 cm³/mol. The maximum Gasteiger partial charge on any atom is 0.178 e. The first-order valence-corrected chi connectivity index (χ1v) is 11.2. The number of halogens is 1. The molecule has 2 aromatic carbocycles. The number of aliphatic hydroxyl groups excluding tert-OH is 1. The van der Waals surface area contributed by atoms with Crippen molar-refractivity contribution >= 4 is 22.8 Å². The first-order valence-electron chi connectivity index (χ1n) is 10.8. The molecule has 2 saturated heterocycles. The third-order valence-corrected chi connectivity index (χ3v) is 6.61. The zero-order chi connectivity index (χ0) is 21.7. The van der Waals surface area contributed by atoms with Crippen molar-refractivity contribution in [1.29, 1.82) is 0 Å². The van der Waals surface area contributed by atoms with Gasteiger partial charge in [0.25, 0.3) is 0 Å². The fourth-order valence-electron chi connectivity index (χ4n) is 4.70. The van der Waals surface area contributed by atoms with Crippen molar-refractivity contribution in [3.05, 3.63) is 71.5 Å². The number of hydrogen-bond acceptors (Lipinski definition) is 5. The highest BCUT2D eigenvalue weighted by atomic mass is 35.5. The standard InChI is InChI=1S/C25H22ClN3O3/c26-18-11-19-25(28-21(27-19)10-17-12-31-24-20(30)13-32-23(17)24)29-22(18)16-8-6-15(7-9-16)14-4-2-1-3-5-14/h1-9,11,17,20,23-24,30H,10,12-13H2,(H,27,28,29)/t17?,20-,23-,24-/m1/s1. The number of imidazole rings is 1. The van der Waals surface area contributed by atoms with E-state index in [1.807, 2.05) is 36.4 Å². The Morgan fingerprint density at radius 1 is 0.906 bits per heavy atom. The third kappa shape index (κ3) is 3.49. The number of nitrogens with one attached hydrogen (secondary N) is 1. The summed E-state index contributed by atoms with van der Waals surface area (Å²) in [6.45, 7) is 0.881. The van der Waals surface area contributed by atoms with E-state index < -0.39 is 6.10 Å². The summed E-state index contributed by atoms with van der Waals surface area (Å²) in [6, 6.07) is 20.4. The van der Waals surface area contributed by atoms with Crippen LogP contribution in [-0.2, 0) is 15.9 Å². The highest BCUT2D eigenvalue weighted by Gasteiger charge is 2.47. The van der Waals surface area contributed by atoms with Crippen LogP contribution in [0.4, 0.5) is 0 Å². The van der Waals surface area contributed by atoms with E-state index in [4.69, 9.17) is 31.0 Å². The molecule has 0 amide bonds. The maximum atomic E-state index is 9.95. The Hall–Kier alpha value is -2.77. The molecule has 2 N–H and O–H groups in total. The topological polar surface area (TPSA) is 80.3 Å². The molecule has 0 saturated carbocycles. The molecule has 0 bridgehead atoms. The van der Waals surface area contributed by atoms with Gasteiger partial charge in [0.1, 0.15) is 18.0 Å². The summed E-state index contributed by atoms with van der Waals surface area (Å²) in [4.78, 5) is 12.8. The lowest BCUT2D eigenvalue weighted by molar-refractivity contribution is 0.0169. The molecule has 2 aliphatic rings. The fourth-order valence-corrected chi connectivity index (χ4v) is 4.96. The second-order valence-corrected chi connectivity index (χ2v) is 8.85. The van der Waals surface area contributed by atoms with E-state index in [1.54, 1.807) is 0 Å². The van der Waals surface area contributed by atoms with Gasteiger partial charge >= 0.3 is 0 Å². The van der Waals surface area contributed by atoms with Crippen molar-refractivity contribution in [2.75, 3.05) is 13.2 Å². The fraction of sp³-hybridized carbons (Fsp3) is 0.280. The minimum atomic E-state index is -0.544. The Kier molecular flexibility index (Phi) is 4.96. The van der Waals surface area contributed by atoms with E-state index in [0.717, 1.165) is 22.5 Å². The van der Waals surface area contributed by atoms with Crippen molar-refractivity contribution < 1.29 is 14.6 Å². The molecule has 2 aromatic heterocycles. The van der Waals surface area contributed by atoms with E-state index in [9.17, 15) is 5.11 Å². The second-order valence-electron chi connectivity index (χ2n) is 8.44. The van der Waals surface area contributed by atoms with Crippen LogP contribution in [0.3, 0.4) is 0 Å². The highest BCUT2D eigenvalue weighted by molar-refractivity contribution is 6.33. The number of nitrogens with zero attached hydrogens (tertiary/aromatic N) is 2. The number of fused-ring (bicyclic) bond motifs is 2. The lowest BCUT2D eigenvalue weighted by atomic mass is 9.97. The number of aromatic nitrogens is 3. The summed E-state index contributed by atoms with van der Waals surface area (Å²) in [5.41, 5.74) is 5.41. The molecule has 0 spiro atoms. The van der Waals surface area contributed by atoms with Crippen LogP contribution in [0.15, 0.2) is 60.7 Å². The minimum absolute atomic E-state index is 0.0894. The summed E-state index contributed by atoms with van der Waals surface area (Å²) in [5.74, 6) is 0.970. The largest absolute Gasteiger partial charge is 0.388 e. The molecule has 7 heteroatoms. The number of aliphatic hydroxyl groups is 1. The van der Waals surface area contributed by atoms with Gasteiger partial charge in [-0.1, -0.05) is 66.2 Å². The van der Waals surface area contributed by atoms with Crippen LogP contribution < -0.4 is 0 Å². The quantitative estimate of drug-likeness (QED) is 0.488. The average molecular weight is 448 g/mol. The highest BCUT2D eigenvalue weighted by Crippen LogP contribution is 2.34. The van der Waals surface area contributed by atoms with Gasteiger partial charge < -0.3 is 19.6 Å². The molecule has 2 fully saturated rings. The van der Waals surface area contributed by atoms with Crippen molar-refractivity contribution in [3.8, 4) is 22.4 Å². The Balaban J connectivity index is 1.26. The molecule has 0 aliphatic carbocycles. The normalized spacial score (nSPS) is 24.8. The number of hydrogen-bond donors (Lipinski definition) is 2. The maximum absolute atomic E-state index is 9.95. The molecule has 6 rings (SSSR count). The molecule has 32 heavy (non-hydrogen) atoms. The SMILES string of the molecule is O[C@@H]1CO[C@@H]2C(Cc3nc4nc(-c5ccc(-c6ccccc6)cc5)c(Cl)cc4[nH]3)CO[C@H]12. The summed E-state index contributed by atoms with van der Waals surface area (Å²) in [5, 5.41) is 10.5. The van der Waals surface area contributed by atoms with Crippen LogP contribution in [0.1, 0.15) is 5.82 Å². The van der Waals surface area contributed by atoms with Crippen LogP contribution in [0.5, 0.6) is 0 Å². The Bertz CT molecular complexity index is 1260. The number of ether oxygens (including phenoxy) is 2. The number of pyridine rings is 1. The number of H-pyrrole nitrogens is 1. The van der Waals surface area contributed by atoms with Crippen LogP contribution >= 0.6 is 11.6 Å². The molecule has 0 radical (unpaired) electrons. The lowest BCUT2D eigenvalue weighted by Crippen LogP contribution is -2.29. The molecule has 1 unspecified atom stereocenters. The smallest absolute Gasteiger partial charge is 0.178 e. The van der Waals surface area contributed by atoms with Gasteiger partial charge in [0.2, 0.25) is 0 Å². The van der Waals surface area contributed by atoms with Crippen LogP contribution in [0.2, 0.25) is 5.02 Å². The van der Waals surface area contributed by atoms with Gasteiger partial charge in [0.05, 0.1) is 35.6 Å². The number of rotatable bonds is 4. The molecular weight excluding hydrogens is 426 g/mol. The first-order chi connectivity index (χ1) is 15.7. The minimum Gasteiger partial charge on any atom is -0.388 e.